The average Bonchev–Trinajstić information content (AvgIpc) is 2.98. The molecule has 0 unspecified atom stereocenters. The third-order valence-electron chi connectivity index (χ3n) is 4.22. The predicted octanol–water partition coefficient (Wildman–Crippen LogP) is 1.81. The molecule has 0 spiro atoms. The molecule has 1 fully saturated rings. The van der Waals surface area contributed by atoms with Crippen molar-refractivity contribution in [2.45, 2.75) is 6.04 Å². The van der Waals surface area contributed by atoms with Crippen molar-refractivity contribution in [3.05, 3.63) is 52.3 Å². The summed E-state index contributed by atoms with van der Waals surface area (Å²) in [6.07, 6.45) is 1.45. The summed E-state index contributed by atoms with van der Waals surface area (Å²) in [6.45, 7) is 3.65. The Bertz CT molecular complexity index is 682. The van der Waals surface area contributed by atoms with Crippen LogP contribution in [0.1, 0.15) is 11.6 Å². The molecule has 1 saturated heterocycles. The second-order valence-electron chi connectivity index (χ2n) is 5.74. The summed E-state index contributed by atoms with van der Waals surface area (Å²) in [4.78, 5) is 16.8. The maximum absolute atomic E-state index is 11.1. The van der Waals surface area contributed by atoms with Gasteiger partial charge in [-0.05, 0) is 15.5 Å². The Morgan fingerprint density at radius 2 is 2.04 bits per heavy atom. The first-order valence-corrected chi connectivity index (χ1v) is 7.93. The number of benzene rings is 1. The van der Waals surface area contributed by atoms with Gasteiger partial charge in [0.2, 0.25) is 12.1 Å². The van der Waals surface area contributed by atoms with Crippen LogP contribution in [0, 0.1) is 10.1 Å². The van der Waals surface area contributed by atoms with Crippen molar-refractivity contribution in [1.29, 1.82) is 0 Å². The Kier molecular flexibility index (Phi) is 5.07. The number of nitro groups is 1. The molecule has 2 heterocycles. The molecule has 1 N–H and O–H groups in total. The number of aromatic nitrogens is 2. The second-order valence-corrected chi connectivity index (χ2v) is 5.74. The molecule has 24 heavy (non-hydrogen) atoms. The average molecular weight is 331 g/mol. The first-order chi connectivity index (χ1) is 11.7. The van der Waals surface area contributed by atoms with E-state index in [9.17, 15) is 10.1 Å². The monoisotopic (exact) mass is 331 g/mol. The third-order valence-corrected chi connectivity index (χ3v) is 4.22. The van der Waals surface area contributed by atoms with Gasteiger partial charge in [0.05, 0.1) is 19.3 Å². The maximum Gasteiger partial charge on any atom is 0.406 e. The fraction of sp³-hybridized carbons (Fsp3) is 0.438. The second kappa shape index (κ2) is 7.41. The van der Waals surface area contributed by atoms with Gasteiger partial charge in [0.25, 0.3) is 0 Å². The van der Waals surface area contributed by atoms with Crippen LogP contribution < -0.4 is 5.32 Å². The highest BCUT2D eigenvalue weighted by Gasteiger charge is 2.25. The first-order valence-electron chi connectivity index (χ1n) is 7.93. The highest BCUT2D eigenvalue weighted by atomic mass is 16.6. The minimum Gasteiger partial charge on any atom is -0.379 e. The molecule has 1 aliphatic rings. The van der Waals surface area contributed by atoms with Gasteiger partial charge in [-0.2, -0.15) is 0 Å². The van der Waals surface area contributed by atoms with Gasteiger partial charge in [-0.25, -0.2) is 0 Å². The van der Waals surface area contributed by atoms with Gasteiger partial charge in [0.1, 0.15) is 0 Å². The van der Waals surface area contributed by atoms with Crippen molar-refractivity contribution >= 4 is 11.6 Å². The van der Waals surface area contributed by atoms with Crippen LogP contribution in [0.25, 0.3) is 0 Å². The topological polar surface area (TPSA) is 85.5 Å². The zero-order valence-electron chi connectivity index (χ0n) is 13.6. The molecule has 1 aromatic heterocycles. The highest BCUT2D eigenvalue weighted by Crippen LogP contribution is 2.25. The normalized spacial score (nSPS) is 16.7. The number of hydrogen-bond acceptors (Lipinski definition) is 6. The molecule has 1 aliphatic heterocycles. The van der Waals surface area contributed by atoms with Crippen molar-refractivity contribution in [2.75, 3.05) is 38.2 Å². The molecule has 0 bridgehead atoms. The van der Waals surface area contributed by atoms with E-state index in [-0.39, 0.29) is 11.9 Å². The van der Waals surface area contributed by atoms with Gasteiger partial charge in [-0.15, -0.1) is 0 Å². The molecule has 2 aromatic rings. The minimum atomic E-state index is -0.464. The molecule has 8 heteroatoms. The predicted molar refractivity (Wildman–Crippen MR) is 89.9 cm³/mol. The van der Waals surface area contributed by atoms with Gasteiger partial charge >= 0.3 is 5.82 Å². The smallest absolute Gasteiger partial charge is 0.379 e. The van der Waals surface area contributed by atoms with Gasteiger partial charge in [-0.1, -0.05) is 30.3 Å². The van der Waals surface area contributed by atoms with Crippen molar-refractivity contribution in [2.24, 2.45) is 7.05 Å². The van der Waals surface area contributed by atoms with Crippen LogP contribution >= 0.6 is 0 Å². The Labute approximate surface area is 140 Å². The van der Waals surface area contributed by atoms with E-state index < -0.39 is 4.92 Å². The molecule has 0 radical (unpaired) electrons. The molecule has 3 rings (SSSR count). The lowest BCUT2D eigenvalue weighted by molar-refractivity contribution is -0.388. The summed E-state index contributed by atoms with van der Waals surface area (Å²) < 4.78 is 7.08. The Hall–Kier alpha value is -2.45. The number of hydrogen-bond donors (Lipinski definition) is 1. The first kappa shape index (κ1) is 16.4. The van der Waals surface area contributed by atoms with E-state index in [1.807, 2.05) is 18.2 Å². The maximum atomic E-state index is 11.1. The number of morpholine rings is 1. The number of rotatable bonds is 6. The molecule has 8 nitrogen and oxygen atoms in total. The highest BCUT2D eigenvalue weighted by molar-refractivity contribution is 5.52. The SMILES string of the molecule is Cn1cnc([N+](=O)[O-])c1NC[C@@H](c1ccccc1)N1CCOCC1. The molecule has 0 saturated carbocycles. The standard InChI is InChI=1S/C16H21N5O3/c1-19-12-18-16(21(22)23)15(19)17-11-14(13-5-3-2-4-6-13)20-7-9-24-10-8-20/h2-6,12,14,17H,7-11H2,1H3/t14-/m0/s1. The number of nitrogens with one attached hydrogen (secondary N) is 1. The molecule has 0 amide bonds. The van der Waals surface area contributed by atoms with Crippen molar-refractivity contribution < 1.29 is 9.66 Å². The number of aryl methyl sites for hydroxylation is 1. The van der Waals surface area contributed by atoms with Crippen LogP contribution in [0.5, 0.6) is 0 Å². The Morgan fingerprint density at radius 1 is 1.33 bits per heavy atom. The number of ether oxygens (including phenoxy) is 1. The summed E-state index contributed by atoms with van der Waals surface area (Å²) in [5, 5.41) is 14.3. The Morgan fingerprint density at radius 3 is 2.71 bits per heavy atom. The number of nitrogens with zero attached hydrogens (tertiary/aromatic N) is 4. The lowest BCUT2D eigenvalue weighted by Gasteiger charge is -2.35. The van der Waals surface area contributed by atoms with Crippen LogP contribution in [0.3, 0.4) is 0 Å². The van der Waals surface area contributed by atoms with E-state index in [1.54, 1.807) is 11.6 Å². The van der Waals surface area contributed by atoms with Gasteiger partial charge in [-0.3, -0.25) is 9.47 Å². The fourth-order valence-corrected chi connectivity index (χ4v) is 2.97. The van der Waals surface area contributed by atoms with E-state index >= 15 is 0 Å². The summed E-state index contributed by atoms with van der Waals surface area (Å²) in [7, 11) is 1.74. The van der Waals surface area contributed by atoms with Crippen molar-refractivity contribution in [3.8, 4) is 0 Å². The fourth-order valence-electron chi connectivity index (χ4n) is 2.97. The lowest BCUT2D eigenvalue weighted by atomic mass is 10.0. The number of anilines is 1. The van der Waals surface area contributed by atoms with E-state index in [2.05, 4.69) is 27.3 Å². The summed E-state index contributed by atoms with van der Waals surface area (Å²) in [5.41, 5.74) is 1.18. The van der Waals surface area contributed by atoms with E-state index in [1.165, 1.54) is 11.9 Å². The van der Waals surface area contributed by atoms with Gasteiger partial charge in [0.15, 0.2) is 0 Å². The van der Waals surface area contributed by atoms with Crippen LogP contribution in [0.4, 0.5) is 11.6 Å². The Balaban J connectivity index is 1.80. The minimum absolute atomic E-state index is 0.115. The zero-order chi connectivity index (χ0) is 16.9. The van der Waals surface area contributed by atoms with E-state index in [0.29, 0.717) is 25.6 Å². The van der Waals surface area contributed by atoms with Crippen LogP contribution in [0.15, 0.2) is 36.7 Å². The van der Waals surface area contributed by atoms with Gasteiger partial charge in [0, 0.05) is 26.7 Å². The molecule has 128 valence electrons. The molecule has 1 aromatic carbocycles. The van der Waals surface area contributed by atoms with Crippen LogP contribution in [0.2, 0.25) is 0 Å². The van der Waals surface area contributed by atoms with Crippen molar-refractivity contribution in [3.63, 3.8) is 0 Å². The van der Waals surface area contributed by atoms with E-state index in [0.717, 1.165) is 13.1 Å². The third kappa shape index (κ3) is 3.55. The lowest BCUT2D eigenvalue weighted by Crippen LogP contribution is -2.41. The summed E-state index contributed by atoms with van der Waals surface area (Å²) in [5.74, 6) is 0.278. The molecule has 0 aliphatic carbocycles. The van der Waals surface area contributed by atoms with E-state index in [4.69, 9.17) is 4.74 Å². The van der Waals surface area contributed by atoms with Crippen LogP contribution in [-0.4, -0.2) is 52.2 Å². The quantitative estimate of drug-likeness (QED) is 0.642. The summed E-state index contributed by atoms with van der Waals surface area (Å²) >= 11 is 0. The van der Waals surface area contributed by atoms with Crippen molar-refractivity contribution in [1.82, 2.24) is 14.5 Å². The molecular formula is C16H21N5O3. The zero-order valence-corrected chi connectivity index (χ0v) is 13.6. The molecular weight excluding hydrogens is 310 g/mol. The summed E-state index contributed by atoms with van der Waals surface area (Å²) in [6, 6.07) is 10.3. The molecule has 1 atom stereocenters. The van der Waals surface area contributed by atoms with Crippen LogP contribution in [-0.2, 0) is 11.8 Å². The largest absolute Gasteiger partial charge is 0.406 e. The van der Waals surface area contributed by atoms with Gasteiger partial charge < -0.3 is 20.2 Å². The number of imidazole rings is 1.